The average Bonchev–Trinajstić information content (AvgIpc) is 2.46. The highest BCUT2D eigenvalue weighted by Crippen LogP contribution is 2.14. The van der Waals surface area contributed by atoms with E-state index in [1.54, 1.807) is 0 Å². The van der Waals surface area contributed by atoms with Gasteiger partial charge in [0.05, 0.1) is 0 Å². The first-order valence-electron chi connectivity index (χ1n) is 6.75. The molecule has 0 heterocycles. The molecule has 0 aliphatic heterocycles. The van der Waals surface area contributed by atoms with Gasteiger partial charge in [0, 0.05) is 12.6 Å². The Hall–Kier alpha value is -1.67. The van der Waals surface area contributed by atoms with Gasteiger partial charge in [-0.1, -0.05) is 43.3 Å². The van der Waals surface area contributed by atoms with Gasteiger partial charge in [-0.2, -0.15) is 0 Å². The van der Waals surface area contributed by atoms with Crippen LogP contribution in [0, 0.1) is 5.82 Å². The Morgan fingerprint density at radius 1 is 0.947 bits per heavy atom. The first-order valence-corrected chi connectivity index (χ1v) is 6.75. The summed E-state index contributed by atoms with van der Waals surface area (Å²) in [5.41, 5.74) is 3.73. The summed E-state index contributed by atoms with van der Waals surface area (Å²) in [5.74, 6) is -0.188. The molecule has 1 nitrogen and oxygen atoms in total. The molecule has 19 heavy (non-hydrogen) atoms. The monoisotopic (exact) mass is 257 g/mol. The van der Waals surface area contributed by atoms with Crippen LogP contribution in [0.4, 0.5) is 4.39 Å². The molecule has 0 amide bonds. The smallest absolute Gasteiger partial charge is 0.123 e. The summed E-state index contributed by atoms with van der Waals surface area (Å²) in [5, 5.41) is 3.45. The minimum Gasteiger partial charge on any atom is -0.306 e. The Morgan fingerprint density at radius 3 is 2.11 bits per heavy atom. The third-order valence-corrected chi connectivity index (χ3v) is 3.41. The number of benzene rings is 2. The van der Waals surface area contributed by atoms with E-state index in [2.05, 4.69) is 43.4 Å². The summed E-state index contributed by atoms with van der Waals surface area (Å²) in [7, 11) is 0. The summed E-state index contributed by atoms with van der Waals surface area (Å²) in [6, 6.07) is 15.6. The largest absolute Gasteiger partial charge is 0.306 e. The van der Waals surface area contributed by atoms with Crippen molar-refractivity contribution in [1.82, 2.24) is 5.32 Å². The number of hydrogen-bond donors (Lipinski definition) is 1. The second kappa shape index (κ2) is 6.48. The number of halogens is 1. The van der Waals surface area contributed by atoms with Gasteiger partial charge in [0.15, 0.2) is 0 Å². The van der Waals surface area contributed by atoms with Crippen molar-refractivity contribution in [2.45, 2.75) is 32.9 Å². The highest BCUT2D eigenvalue weighted by Gasteiger charge is 2.04. The van der Waals surface area contributed by atoms with E-state index in [0.29, 0.717) is 0 Å². The zero-order chi connectivity index (χ0) is 13.7. The van der Waals surface area contributed by atoms with Crippen LogP contribution in [0.3, 0.4) is 0 Å². The first-order chi connectivity index (χ1) is 9.19. The molecular weight excluding hydrogens is 237 g/mol. The van der Waals surface area contributed by atoms with E-state index in [1.165, 1.54) is 23.3 Å². The second-order valence-corrected chi connectivity index (χ2v) is 4.82. The Morgan fingerprint density at radius 2 is 1.53 bits per heavy atom. The molecule has 0 radical (unpaired) electrons. The molecule has 0 spiro atoms. The molecule has 2 aromatic carbocycles. The molecule has 2 heteroatoms. The lowest BCUT2D eigenvalue weighted by molar-refractivity contribution is 0.572. The van der Waals surface area contributed by atoms with E-state index < -0.39 is 0 Å². The topological polar surface area (TPSA) is 12.0 Å². The highest BCUT2D eigenvalue weighted by molar-refractivity contribution is 5.25. The molecule has 1 unspecified atom stereocenters. The number of rotatable bonds is 5. The van der Waals surface area contributed by atoms with Crippen LogP contribution in [-0.4, -0.2) is 0 Å². The van der Waals surface area contributed by atoms with Crippen molar-refractivity contribution in [3.8, 4) is 0 Å². The predicted molar refractivity (Wildman–Crippen MR) is 77.5 cm³/mol. The van der Waals surface area contributed by atoms with Gasteiger partial charge < -0.3 is 5.32 Å². The third kappa shape index (κ3) is 3.90. The molecule has 1 N–H and O–H groups in total. The number of nitrogens with one attached hydrogen (secondary N) is 1. The van der Waals surface area contributed by atoms with Crippen LogP contribution in [0.1, 0.15) is 36.6 Å². The molecule has 0 aliphatic carbocycles. The fourth-order valence-corrected chi connectivity index (χ4v) is 2.03. The van der Waals surface area contributed by atoms with E-state index in [9.17, 15) is 4.39 Å². The third-order valence-electron chi connectivity index (χ3n) is 3.41. The molecule has 0 aromatic heterocycles. The van der Waals surface area contributed by atoms with E-state index >= 15 is 0 Å². The molecule has 0 saturated carbocycles. The van der Waals surface area contributed by atoms with Crippen molar-refractivity contribution in [1.29, 1.82) is 0 Å². The summed E-state index contributed by atoms with van der Waals surface area (Å²) >= 11 is 0. The molecule has 0 bridgehead atoms. The van der Waals surface area contributed by atoms with Crippen molar-refractivity contribution in [3.05, 3.63) is 71.0 Å². The van der Waals surface area contributed by atoms with Crippen LogP contribution < -0.4 is 5.32 Å². The zero-order valence-corrected chi connectivity index (χ0v) is 11.5. The molecule has 0 saturated heterocycles. The Balaban J connectivity index is 1.93. The predicted octanol–water partition coefficient (Wildman–Crippen LogP) is 4.24. The first kappa shape index (κ1) is 13.8. The van der Waals surface area contributed by atoms with E-state index in [-0.39, 0.29) is 11.9 Å². The lowest BCUT2D eigenvalue weighted by Crippen LogP contribution is -2.18. The number of aryl methyl sites for hydroxylation is 1. The fourth-order valence-electron chi connectivity index (χ4n) is 2.03. The summed E-state index contributed by atoms with van der Waals surface area (Å²) < 4.78 is 12.8. The maximum Gasteiger partial charge on any atom is 0.123 e. The van der Waals surface area contributed by atoms with Crippen molar-refractivity contribution < 1.29 is 4.39 Å². The van der Waals surface area contributed by atoms with Gasteiger partial charge in [0.2, 0.25) is 0 Å². The lowest BCUT2D eigenvalue weighted by atomic mass is 10.0. The van der Waals surface area contributed by atoms with Crippen LogP contribution >= 0.6 is 0 Å². The van der Waals surface area contributed by atoms with E-state index in [0.717, 1.165) is 18.5 Å². The fraction of sp³-hybridized carbons (Fsp3) is 0.294. The van der Waals surface area contributed by atoms with Crippen LogP contribution in [-0.2, 0) is 13.0 Å². The van der Waals surface area contributed by atoms with E-state index in [4.69, 9.17) is 0 Å². The van der Waals surface area contributed by atoms with Crippen molar-refractivity contribution >= 4 is 0 Å². The summed E-state index contributed by atoms with van der Waals surface area (Å²) in [6.45, 7) is 5.05. The van der Waals surface area contributed by atoms with Crippen molar-refractivity contribution in [2.75, 3.05) is 0 Å². The van der Waals surface area contributed by atoms with Crippen LogP contribution in [0.5, 0.6) is 0 Å². The van der Waals surface area contributed by atoms with Crippen LogP contribution in [0.25, 0.3) is 0 Å². The lowest BCUT2D eigenvalue weighted by Gasteiger charge is -2.14. The van der Waals surface area contributed by atoms with Gasteiger partial charge in [0.25, 0.3) is 0 Å². The minimum absolute atomic E-state index is 0.188. The van der Waals surface area contributed by atoms with Crippen LogP contribution in [0.2, 0.25) is 0 Å². The van der Waals surface area contributed by atoms with Crippen molar-refractivity contribution in [3.63, 3.8) is 0 Å². The van der Waals surface area contributed by atoms with Gasteiger partial charge in [-0.3, -0.25) is 0 Å². The van der Waals surface area contributed by atoms with Gasteiger partial charge in [0.1, 0.15) is 5.82 Å². The Bertz CT molecular complexity index is 502. The molecule has 0 aliphatic rings. The maximum absolute atomic E-state index is 12.8. The normalized spacial score (nSPS) is 12.4. The Kier molecular flexibility index (Phi) is 4.69. The summed E-state index contributed by atoms with van der Waals surface area (Å²) in [4.78, 5) is 0. The SMILES string of the molecule is CCc1ccc(C(C)NCc2ccc(F)cc2)cc1. The highest BCUT2D eigenvalue weighted by atomic mass is 19.1. The standard InChI is InChI=1S/C17H20FN/c1-3-14-4-8-16(9-5-14)13(2)19-12-15-6-10-17(18)11-7-15/h4-11,13,19H,3,12H2,1-2H3. The molecule has 2 aromatic rings. The molecule has 2 rings (SSSR count). The molecule has 1 atom stereocenters. The minimum atomic E-state index is -0.188. The zero-order valence-electron chi connectivity index (χ0n) is 11.5. The van der Waals surface area contributed by atoms with Gasteiger partial charge >= 0.3 is 0 Å². The quantitative estimate of drug-likeness (QED) is 0.844. The number of hydrogen-bond acceptors (Lipinski definition) is 1. The van der Waals surface area contributed by atoms with Crippen molar-refractivity contribution in [2.24, 2.45) is 0 Å². The molecular formula is C17H20FN. The molecule has 100 valence electrons. The van der Waals surface area contributed by atoms with E-state index in [1.807, 2.05) is 12.1 Å². The molecule has 0 fully saturated rings. The van der Waals surface area contributed by atoms with Gasteiger partial charge in [-0.15, -0.1) is 0 Å². The Labute approximate surface area is 114 Å². The van der Waals surface area contributed by atoms with Gasteiger partial charge in [-0.05, 0) is 42.2 Å². The average molecular weight is 257 g/mol. The maximum atomic E-state index is 12.8. The van der Waals surface area contributed by atoms with Crippen LogP contribution in [0.15, 0.2) is 48.5 Å². The second-order valence-electron chi connectivity index (χ2n) is 4.82. The van der Waals surface area contributed by atoms with Gasteiger partial charge in [-0.25, -0.2) is 4.39 Å². The summed E-state index contributed by atoms with van der Waals surface area (Å²) in [6.07, 6.45) is 1.07.